The second-order valence-corrected chi connectivity index (χ2v) is 16.0. The van der Waals surface area contributed by atoms with Gasteiger partial charge in [-0.1, -0.05) is 146 Å². The van der Waals surface area contributed by atoms with Gasteiger partial charge in [-0.3, -0.25) is 0 Å². The monoisotopic (exact) mass is 793 g/mol. The Labute approximate surface area is 356 Å². The van der Waals surface area contributed by atoms with Crippen molar-refractivity contribution in [2.45, 2.75) is 0 Å². The van der Waals surface area contributed by atoms with Crippen molar-refractivity contribution >= 4 is 93.7 Å². The summed E-state index contributed by atoms with van der Waals surface area (Å²) in [6.07, 6.45) is 0. The normalized spacial score (nSPS) is 11.9. The molecule has 0 N–H and O–H groups in total. The molecule has 0 aliphatic carbocycles. The number of rotatable bonds is 6. The molecule has 0 radical (unpaired) electrons. The number of furan rings is 3. The molecule has 0 fully saturated rings. The quantitative estimate of drug-likeness (QED) is 0.168. The van der Waals surface area contributed by atoms with Gasteiger partial charge >= 0.3 is 0 Å². The molecule has 0 aliphatic heterocycles. The van der Waals surface area contributed by atoms with Crippen molar-refractivity contribution in [3.05, 3.63) is 212 Å². The minimum absolute atomic E-state index is 0.873. The van der Waals surface area contributed by atoms with E-state index in [1.54, 1.807) is 0 Å². The van der Waals surface area contributed by atoms with E-state index in [1.807, 2.05) is 24.3 Å². The Morgan fingerprint density at radius 3 is 1.68 bits per heavy atom. The predicted octanol–water partition coefficient (Wildman–Crippen LogP) is 17.0. The van der Waals surface area contributed by atoms with Crippen LogP contribution in [0.1, 0.15) is 0 Å². The van der Waals surface area contributed by atoms with Gasteiger partial charge in [-0.05, 0) is 94.4 Å². The molecule has 13 rings (SSSR count). The number of fused-ring (bicyclic) bond motifs is 11. The van der Waals surface area contributed by atoms with Crippen LogP contribution in [0.4, 0.5) is 17.1 Å². The number of anilines is 3. The zero-order valence-electron chi connectivity index (χ0n) is 33.4. The van der Waals surface area contributed by atoms with Crippen molar-refractivity contribution in [3.8, 4) is 33.4 Å². The Hall–Kier alpha value is -8.34. The van der Waals surface area contributed by atoms with Crippen LogP contribution in [-0.4, -0.2) is 0 Å². The summed E-state index contributed by atoms with van der Waals surface area (Å²) >= 11 is 0. The first-order valence-electron chi connectivity index (χ1n) is 21.0. The second kappa shape index (κ2) is 13.6. The topological polar surface area (TPSA) is 42.7 Å². The fourth-order valence-corrected chi connectivity index (χ4v) is 9.58. The summed E-state index contributed by atoms with van der Waals surface area (Å²) in [5, 5.41) is 8.98. The maximum absolute atomic E-state index is 6.90. The molecule has 3 heterocycles. The average molecular weight is 794 g/mol. The minimum atomic E-state index is 0.873. The first kappa shape index (κ1) is 34.5. The van der Waals surface area contributed by atoms with E-state index in [2.05, 4.69) is 193 Å². The molecule has 3 aromatic heterocycles. The Morgan fingerprint density at radius 1 is 0.290 bits per heavy atom. The highest BCUT2D eigenvalue weighted by atomic mass is 16.3. The molecule has 0 spiro atoms. The molecular formula is C58H35NO3. The maximum atomic E-state index is 6.90. The molecule has 0 unspecified atom stereocenters. The maximum Gasteiger partial charge on any atom is 0.143 e. The summed E-state index contributed by atoms with van der Waals surface area (Å²) < 4.78 is 19.5. The molecule has 0 saturated heterocycles. The van der Waals surface area contributed by atoms with Crippen molar-refractivity contribution in [1.29, 1.82) is 0 Å². The molecular weight excluding hydrogens is 759 g/mol. The van der Waals surface area contributed by atoms with Crippen molar-refractivity contribution in [1.82, 2.24) is 0 Å². The zero-order valence-corrected chi connectivity index (χ0v) is 33.4. The summed E-state index contributed by atoms with van der Waals surface area (Å²) in [5.74, 6) is 0. The molecule has 0 saturated carbocycles. The van der Waals surface area contributed by atoms with Crippen LogP contribution < -0.4 is 4.90 Å². The van der Waals surface area contributed by atoms with Crippen molar-refractivity contribution in [2.24, 2.45) is 0 Å². The standard InChI is InChI=1S/C58H35NO3/c1-2-12-43-37(11-1)27-34-49-48-18-9-17-47(58(48)62-57(43)49)44-13-3-6-19-51(44)59(40-29-23-36(24-30-40)39-28-33-46-45-14-4-7-20-52(45)61-55(46)35-39)41-31-25-38(26-32-41)42-16-10-22-54-56(42)50-15-5-8-21-53(50)60-54/h1-35H. The first-order valence-corrected chi connectivity index (χ1v) is 21.0. The Bertz CT molecular complexity index is 3870. The fourth-order valence-electron chi connectivity index (χ4n) is 9.58. The second-order valence-electron chi connectivity index (χ2n) is 16.0. The third-order valence-corrected chi connectivity index (χ3v) is 12.5. The van der Waals surface area contributed by atoms with Gasteiger partial charge in [0.25, 0.3) is 0 Å². The molecule has 0 atom stereocenters. The van der Waals surface area contributed by atoms with Crippen molar-refractivity contribution in [3.63, 3.8) is 0 Å². The molecule has 62 heavy (non-hydrogen) atoms. The molecule has 0 amide bonds. The molecule has 4 nitrogen and oxygen atoms in total. The highest BCUT2D eigenvalue weighted by molar-refractivity contribution is 6.18. The van der Waals surface area contributed by atoms with Crippen molar-refractivity contribution < 1.29 is 13.3 Å². The van der Waals surface area contributed by atoms with Gasteiger partial charge < -0.3 is 18.2 Å². The number of hydrogen-bond donors (Lipinski definition) is 0. The third-order valence-electron chi connectivity index (χ3n) is 12.5. The Kier molecular flexibility index (Phi) is 7.57. The lowest BCUT2D eigenvalue weighted by Gasteiger charge is -2.28. The SMILES string of the molecule is c1ccc(N(c2ccc(-c3ccc4c(c3)oc3ccccc34)cc2)c2ccc(-c3cccc4oc5ccccc5c34)cc2)c(-c2cccc3c2oc2c4ccccc4ccc32)c1. The van der Waals surface area contributed by atoms with E-state index in [9.17, 15) is 0 Å². The molecule has 0 aliphatic rings. The Balaban J connectivity index is 0.969. The number of benzene rings is 10. The lowest BCUT2D eigenvalue weighted by Crippen LogP contribution is -2.11. The van der Waals surface area contributed by atoms with E-state index in [1.165, 1.54) is 0 Å². The van der Waals surface area contributed by atoms with Crippen LogP contribution in [0.25, 0.3) is 110 Å². The van der Waals surface area contributed by atoms with Crippen LogP contribution in [0.3, 0.4) is 0 Å². The van der Waals surface area contributed by atoms with Gasteiger partial charge in [0, 0.05) is 60.2 Å². The van der Waals surface area contributed by atoms with E-state index < -0.39 is 0 Å². The molecule has 0 bridgehead atoms. The zero-order chi connectivity index (χ0) is 40.7. The van der Waals surface area contributed by atoms with E-state index in [0.717, 1.165) is 127 Å². The molecule has 4 heteroatoms. The highest BCUT2D eigenvalue weighted by Crippen LogP contribution is 2.46. The van der Waals surface area contributed by atoms with Gasteiger partial charge in [-0.15, -0.1) is 0 Å². The van der Waals surface area contributed by atoms with Crippen LogP contribution in [0, 0.1) is 0 Å². The van der Waals surface area contributed by atoms with Crippen LogP contribution in [0.15, 0.2) is 226 Å². The first-order chi connectivity index (χ1) is 30.7. The highest BCUT2D eigenvalue weighted by Gasteiger charge is 2.22. The van der Waals surface area contributed by atoms with Crippen LogP contribution >= 0.6 is 0 Å². The van der Waals surface area contributed by atoms with Gasteiger partial charge in [0.05, 0.1) is 5.69 Å². The average Bonchev–Trinajstić information content (AvgIpc) is 4.04. The summed E-state index contributed by atoms with van der Waals surface area (Å²) in [4.78, 5) is 2.36. The minimum Gasteiger partial charge on any atom is -0.456 e. The smallest absolute Gasteiger partial charge is 0.143 e. The number of para-hydroxylation sites is 4. The van der Waals surface area contributed by atoms with E-state index in [-0.39, 0.29) is 0 Å². The summed E-state index contributed by atoms with van der Waals surface area (Å²) in [5.41, 5.74) is 15.0. The number of nitrogens with zero attached hydrogens (tertiary/aromatic N) is 1. The van der Waals surface area contributed by atoms with Gasteiger partial charge in [0.15, 0.2) is 0 Å². The summed E-state index contributed by atoms with van der Waals surface area (Å²) in [6.45, 7) is 0. The lowest BCUT2D eigenvalue weighted by molar-refractivity contribution is 0.668. The summed E-state index contributed by atoms with van der Waals surface area (Å²) in [6, 6.07) is 75.0. The fraction of sp³-hybridized carbons (Fsp3) is 0. The third kappa shape index (κ3) is 5.33. The lowest BCUT2D eigenvalue weighted by atomic mass is 9.97. The molecule has 10 aromatic carbocycles. The predicted molar refractivity (Wildman–Crippen MR) is 257 cm³/mol. The van der Waals surface area contributed by atoms with Gasteiger partial charge in [0.2, 0.25) is 0 Å². The van der Waals surface area contributed by atoms with Gasteiger partial charge in [-0.25, -0.2) is 0 Å². The van der Waals surface area contributed by atoms with Crippen LogP contribution in [0.2, 0.25) is 0 Å². The molecule has 290 valence electrons. The van der Waals surface area contributed by atoms with E-state index >= 15 is 0 Å². The number of hydrogen-bond acceptors (Lipinski definition) is 4. The van der Waals surface area contributed by atoms with Crippen LogP contribution in [-0.2, 0) is 0 Å². The largest absolute Gasteiger partial charge is 0.456 e. The van der Waals surface area contributed by atoms with E-state index in [4.69, 9.17) is 13.3 Å². The van der Waals surface area contributed by atoms with Gasteiger partial charge in [-0.2, -0.15) is 0 Å². The van der Waals surface area contributed by atoms with Gasteiger partial charge in [0.1, 0.15) is 33.5 Å². The molecule has 13 aromatic rings. The van der Waals surface area contributed by atoms with Crippen LogP contribution in [0.5, 0.6) is 0 Å². The van der Waals surface area contributed by atoms with E-state index in [0.29, 0.717) is 0 Å². The summed E-state index contributed by atoms with van der Waals surface area (Å²) in [7, 11) is 0. The Morgan fingerprint density at radius 2 is 0.839 bits per heavy atom. The van der Waals surface area contributed by atoms with Crippen molar-refractivity contribution in [2.75, 3.05) is 4.90 Å².